The highest BCUT2D eigenvalue weighted by molar-refractivity contribution is 5.83. The van der Waals surface area contributed by atoms with Gasteiger partial charge in [0.05, 0.1) is 18.6 Å². The van der Waals surface area contributed by atoms with E-state index in [-0.39, 0.29) is 11.8 Å². The highest BCUT2D eigenvalue weighted by Crippen LogP contribution is 2.24. The van der Waals surface area contributed by atoms with Gasteiger partial charge < -0.3 is 14.7 Å². The first-order valence-corrected chi connectivity index (χ1v) is 6.89. The Morgan fingerprint density at radius 1 is 1.35 bits per heavy atom. The van der Waals surface area contributed by atoms with Gasteiger partial charge in [-0.3, -0.25) is 4.79 Å². The Kier molecular flexibility index (Phi) is 5.57. The molecule has 0 fully saturated rings. The second kappa shape index (κ2) is 6.75. The second-order valence-electron chi connectivity index (χ2n) is 5.74. The van der Waals surface area contributed by atoms with Crippen molar-refractivity contribution in [3.8, 4) is 5.75 Å². The van der Waals surface area contributed by atoms with Crippen LogP contribution >= 0.6 is 0 Å². The van der Waals surface area contributed by atoms with Crippen molar-refractivity contribution in [2.45, 2.75) is 38.7 Å². The number of carbonyl (C=O) groups is 1. The van der Waals surface area contributed by atoms with Gasteiger partial charge in [-0.1, -0.05) is 19.1 Å². The Hall–Kier alpha value is -1.55. The number of methoxy groups -OCH3 is 1. The molecule has 0 aliphatic rings. The molecule has 1 atom stereocenters. The molecule has 0 heterocycles. The minimum absolute atomic E-state index is 0.0276. The molecule has 1 N–H and O–H groups in total. The molecule has 0 bridgehead atoms. The van der Waals surface area contributed by atoms with Crippen molar-refractivity contribution in [1.29, 1.82) is 0 Å². The van der Waals surface area contributed by atoms with Crippen LogP contribution < -0.4 is 4.74 Å². The van der Waals surface area contributed by atoms with E-state index in [0.29, 0.717) is 6.54 Å². The van der Waals surface area contributed by atoms with Gasteiger partial charge in [-0.15, -0.1) is 0 Å². The molecule has 1 aromatic carbocycles. The van der Waals surface area contributed by atoms with Gasteiger partial charge in [0, 0.05) is 13.6 Å². The van der Waals surface area contributed by atoms with E-state index >= 15 is 0 Å². The van der Waals surface area contributed by atoms with Gasteiger partial charge in [-0.05, 0) is 38.0 Å². The molecule has 1 amide bonds. The Morgan fingerprint density at radius 3 is 2.30 bits per heavy atom. The summed E-state index contributed by atoms with van der Waals surface area (Å²) in [5.41, 5.74) is 0.0868. The molecule has 1 rings (SSSR count). The Balaban J connectivity index is 2.85. The molecule has 0 spiro atoms. The zero-order valence-electron chi connectivity index (χ0n) is 13.0. The molecular weight excluding hydrogens is 254 g/mol. The van der Waals surface area contributed by atoms with E-state index in [0.717, 1.165) is 17.7 Å². The van der Waals surface area contributed by atoms with Crippen LogP contribution in [0.5, 0.6) is 5.75 Å². The van der Waals surface area contributed by atoms with E-state index in [1.807, 2.05) is 31.2 Å². The highest BCUT2D eigenvalue weighted by Gasteiger charge is 2.25. The Bertz CT molecular complexity index is 434. The van der Waals surface area contributed by atoms with Crippen molar-refractivity contribution in [1.82, 2.24) is 4.90 Å². The highest BCUT2D eigenvalue weighted by atomic mass is 16.5. The molecule has 0 radical (unpaired) electrons. The fourth-order valence-corrected chi connectivity index (χ4v) is 2.31. The van der Waals surface area contributed by atoms with E-state index < -0.39 is 5.60 Å². The number of benzene rings is 1. The number of hydrogen-bond acceptors (Lipinski definition) is 3. The molecule has 4 heteroatoms. The van der Waals surface area contributed by atoms with Gasteiger partial charge in [0.15, 0.2) is 0 Å². The van der Waals surface area contributed by atoms with Crippen molar-refractivity contribution in [2.75, 3.05) is 20.7 Å². The summed E-state index contributed by atoms with van der Waals surface area (Å²) in [6.45, 7) is 5.71. The third-order valence-corrected chi connectivity index (χ3v) is 3.22. The maximum Gasteiger partial charge on any atom is 0.229 e. The monoisotopic (exact) mass is 279 g/mol. The predicted octanol–water partition coefficient (Wildman–Crippen LogP) is 2.42. The molecular formula is C16H25NO3. The minimum atomic E-state index is -0.886. The lowest BCUT2D eigenvalue weighted by Crippen LogP contribution is -2.41. The van der Waals surface area contributed by atoms with E-state index in [1.165, 1.54) is 0 Å². The van der Waals surface area contributed by atoms with Crippen LogP contribution in [-0.4, -0.2) is 42.2 Å². The van der Waals surface area contributed by atoms with Crippen LogP contribution in [-0.2, 0) is 4.79 Å². The Labute approximate surface area is 121 Å². The second-order valence-corrected chi connectivity index (χ2v) is 5.74. The van der Waals surface area contributed by atoms with Crippen molar-refractivity contribution in [2.24, 2.45) is 0 Å². The van der Waals surface area contributed by atoms with Gasteiger partial charge in [0.1, 0.15) is 5.75 Å². The van der Waals surface area contributed by atoms with Gasteiger partial charge in [-0.2, -0.15) is 0 Å². The SMILES string of the molecule is CCC(C(=O)N(C)CC(C)(C)O)c1ccc(OC)cc1. The molecule has 0 aliphatic heterocycles. The number of carbonyl (C=O) groups excluding carboxylic acids is 1. The topological polar surface area (TPSA) is 49.8 Å². The molecule has 20 heavy (non-hydrogen) atoms. The summed E-state index contributed by atoms with van der Waals surface area (Å²) >= 11 is 0. The largest absolute Gasteiger partial charge is 0.497 e. The van der Waals surface area contributed by atoms with Crippen LogP contribution in [0.2, 0.25) is 0 Å². The molecule has 4 nitrogen and oxygen atoms in total. The summed E-state index contributed by atoms with van der Waals surface area (Å²) in [4.78, 5) is 14.1. The Morgan fingerprint density at radius 2 is 1.90 bits per heavy atom. The normalized spacial score (nSPS) is 12.9. The van der Waals surface area contributed by atoms with Crippen molar-refractivity contribution >= 4 is 5.91 Å². The van der Waals surface area contributed by atoms with Gasteiger partial charge in [-0.25, -0.2) is 0 Å². The molecule has 0 saturated carbocycles. The first kappa shape index (κ1) is 16.5. The molecule has 112 valence electrons. The summed E-state index contributed by atoms with van der Waals surface area (Å²) in [7, 11) is 3.35. The fourth-order valence-electron chi connectivity index (χ4n) is 2.31. The number of rotatable bonds is 6. The average Bonchev–Trinajstić information content (AvgIpc) is 2.38. The number of aliphatic hydroxyl groups is 1. The van der Waals surface area contributed by atoms with Crippen molar-refractivity contribution in [3.05, 3.63) is 29.8 Å². The van der Waals surface area contributed by atoms with Crippen LogP contribution in [0.3, 0.4) is 0 Å². The summed E-state index contributed by atoms with van der Waals surface area (Å²) in [5.74, 6) is 0.619. The van der Waals surface area contributed by atoms with E-state index in [9.17, 15) is 9.90 Å². The molecule has 1 aromatic rings. The lowest BCUT2D eigenvalue weighted by Gasteiger charge is -2.28. The average molecular weight is 279 g/mol. The zero-order chi connectivity index (χ0) is 15.3. The number of hydrogen-bond donors (Lipinski definition) is 1. The van der Waals surface area contributed by atoms with E-state index in [1.54, 1.807) is 32.9 Å². The zero-order valence-corrected chi connectivity index (χ0v) is 13.0. The number of nitrogens with zero attached hydrogens (tertiary/aromatic N) is 1. The molecule has 1 unspecified atom stereocenters. The molecule has 0 aliphatic carbocycles. The predicted molar refractivity (Wildman–Crippen MR) is 80.0 cm³/mol. The summed E-state index contributed by atoms with van der Waals surface area (Å²) in [6, 6.07) is 7.56. The maximum atomic E-state index is 12.5. The first-order chi connectivity index (χ1) is 9.28. The minimum Gasteiger partial charge on any atom is -0.497 e. The summed E-state index contributed by atoms with van der Waals surface area (Å²) in [5, 5.41) is 9.82. The smallest absolute Gasteiger partial charge is 0.229 e. The van der Waals surface area contributed by atoms with Crippen LogP contribution in [0, 0.1) is 0 Å². The van der Waals surface area contributed by atoms with Gasteiger partial charge in [0.25, 0.3) is 0 Å². The third-order valence-electron chi connectivity index (χ3n) is 3.22. The number of amides is 1. The van der Waals surface area contributed by atoms with Crippen LogP contribution in [0.1, 0.15) is 38.7 Å². The first-order valence-electron chi connectivity index (χ1n) is 6.89. The van der Waals surface area contributed by atoms with E-state index in [2.05, 4.69) is 0 Å². The standard InChI is InChI=1S/C16H25NO3/c1-6-14(12-7-9-13(20-5)10-8-12)15(18)17(4)11-16(2,3)19/h7-10,14,19H,6,11H2,1-5H3. The number of ether oxygens (including phenoxy) is 1. The van der Waals surface area contributed by atoms with Gasteiger partial charge >= 0.3 is 0 Å². The fraction of sp³-hybridized carbons (Fsp3) is 0.562. The molecule has 0 saturated heterocycles. The van der Waals surface area contributed by atoms with E-state index in [4.69, 9.17) is 4.74 Å². The van der Waals surface area contributed by atoms with Crippen LogP contribution in [0.15, 0.2) is 24.3 Å². The maximum absolute atomic E-state index is 12.5. The van der Waals surface area contributed by atoms with Crippen LogP contribution in [0.4, 0.5) is 0 Å². The summed E-state index contributed by atoms with van der Waals surface area (Å²) in [6.07, 6.45) is 0.724. The quantitative estimate of drug-likeness (QED) is 0.870. The van der Waals surface area contributed by atoms with Gasteiger partial charge in [0.2, 0.25) is 5.91 Å². The lowest BCUT2D eigenvalue weighted by atomic mass is 9.94. The lowest BCUT2D eigenvalue weighted by molar-refractivity contribution is -0.134. The van der Waals surface area contributed by atoms with Crippen molar-refractivity contribution in [3.63, 3.8) is 0 Å². The third kappa shape index (κ3) is 4.53. The summed E-state index contributed by atoms with van der Waals surface area (Å²) < 4.78 is 5.13. The van der Waals surface area contributed by atoms with Crippen LogP contribution in [0.25, 0.3) is 0 Å². The van der Waals surface area contributed by atoms with Crippen molar-refractivity contribution < 1.29 is 14.6 Å². The number of likely N-dealkylation sites (N-methyl/N-ethyl adjacent to an activating group) is 1. The molecule has 0 aromatic heterocycles.